The van der Waals surface area contributed by atoms with Crippen LogP contribution < -0.4 is 9.47 Å². The smallest absolute Gasteiger partial charge is 0.293 e. The van der Waals surface area contributed by atoms with Crippen LogP contribution in [0.4, 0.5) is 4.79 Å². The molecule has 2 amide bonds. The van der Waals surface area contributed by atoms with Crippen molar-refractivity contribution in [3.05, 3.63) is 63.5 Å². The molecule has 0 saturated carbocycles. The van der Waals surface area contributed by atoms with Gasteiger partial charge in [-0.15, -0.1) is 0 Å². The number of fused-ring (bicyclic) bond motifs is 1. The van der Waals surface area contributed by atoms with Gasteiger partial charge in [-0.3, -0.25) is 19.3 Å². The molecular formula is C19H12ClNO5S. The molecule has 0 aliphatic carbocycles. The Morgan fingerprint density at radius 1 is 1.15 bits per heavy atom. The summed E-state index contributed by atoms with van der Waals surface area (Å²) in [7, 11) is 0. The van der Waals surface area contributed by atoms with Gasteiger partial charge in [0.2, 0.25) is 6.79 Å². The highest BCUT2D eigenvalue weighted by atomic mass is 35.5. The van der Waals surface area contributed by atoms with E-state index in [-0.39, 0.29) is 24.0 Å². The van der Waals surface area contributed by atoms with Gasteiger partial charge in [-0.05, 0) is 29.5 Å². The molecule has 2 aromatic rings. The van der Waals surface area contributed by atoms with Crippen molar-refractivity contribution in [1.82, 2.24) is 4.90 Å². The number of ketones is 1. The second-order valence-electron chi connectivity index (χ2n) is 5.78. The van der Waals surface area contributed by atoms with Crippen LogP contribution in [0, 0.1) is 0 Å². The number of carbonyl (C=O) groups excluding carboxylic acids is 3. The minimum absolute atomic E-state index is 0.104. The molecule has 2 aliphatic heterocycles. The summed E-state index contributed by atoms with van der Waals surface area (Å²) in [6.07, 6.45) is 1.52. The van der Waals surface area contributed by atoms with E-state index in [1.165, 1.54) is 6.08 Å². The Hall–Kier alpha value is -2.77. The van der Waals surface area contributed by atoms with Crippen molar-refractivity contribution in [2.45, 2.75) is 0 Å². The first-order valence-corrected chi connectivity index (χ1v) is 9.15. The Kier molecular flexibility index (Phi) is 4.63. The summed E-state index contributed by atoms with van der Waals surface area (Å²) >= 11 is 6.99. The Morgan fingerprint density at radius 3 is 2.59 bits per heavy atom. The number of benzene rings is 2. The predicted octanol–water partition coefficient (Wildman–Crippen LogP) is 3.99. The van der Waals surface area contributed by atoms with Crippen molar-refractivity contribution < 1.29 is 23.9 Å². The van der Waals surface area contributed by atoms with Crippen molar-refractivity contribution in [1.29, 1.82) is 0 Å². The molecule has 0 atom stereocenters. The second kappa shape index (κ2) is 7.09. The first-order valence-electron chi connectivity index (χ1n) is 7.95. The Morgan fingerprint density at radius 2 is 1.85 bits per heavy atom. The standard InChI is InChI=1S/C19H12ClNO5S/c20-13-8-16-15(25-10-26-16)6-12(13)7-17-18(23)21(19(24)27-17)9-14(22)11-4-2-1-3-5-11/h1-8H,9-10H2/b17-7-. The zero-order chi connectivity index (χ0) is 19.0. The Balaban J connectivity index is 1.56. The molecule has 0 unspecified atom stereocenters. The number of imide groups is 1. The average Bonchev–Trinajstić information content (AvgIpc) is 3.22. The van der Waals surface area contributed by atoms with E-state index in [0.29, 0.717) is 27.6 Å². The van der Waals surface area contributed by atoms with Gasteiger partial charge in [0, 0.05) is 11.6 Å². The van der Waals surface area contributed by atoms with E-state index in [4.69, 9.17) is 21.1 Å². The van der Waals surface area contributed by atoms with E-state index in [2.05, 4.69) is 0 Å². The number of Topliss-reactive ketones (excluding diaryl/α,β-unsaturated/α-hetero) is 1. The highest BCUT2D eigenvalue weighted by Gasteiger charge is 2.36. The predicted molar refractivity (Wildman–Crippen MR) is 101 cm³/mol. The lowest BCUT2D eigenvalue weighted by molar-refractivity contribution is -0.122. The fraction of sp³-hybridized carbons (Fsp3) is 0.105. The molecular weight excluding hydrogens is 390 g/mol. The van der Waals surface area contributed by atoms with Gasteiger partial charge in [0.25, 0.3) is 11.1 Å². The monoisotopic (exact) mass is 401 g/mol. The van der Waals surface area contributed by atoms with Crippen molar-refractivity contribution in [3.8, 4) is 11.5 Å². The van der Waals surface area contributed by atoms with Gasteiger partial charge in [0.15, 0.2) is 17.3 Å². The van der Waals surface area contributed by atoms with Crippen LogP contribution in [0.3, 0.4) is 0 Å². The lowest BCUT2D eigenvalue weighted by Gasteiger charge is -2.11. The van der Waals surface area contributed by atoms with Gasteiger partial charge in [-0.25, -0.2) is 0 Å². The highest BCUT2D eigenvalue weighted by molar-refractivity contribution is 8.18. The maximum atomic E-state index is 12.6. The molecule has 2 aliphatic rings. The van der Waals surface area contributed by atoms with Crippen molar-refractivity contribution in [2.75, 3.05) is 13.3 Å². The quantitative estimate of drug-likeness (QED) is 0.569. The van der Waals surface area contributed by atoms with Crippen LogP contribution in [0.1, 0.15) is 15.9 Å². The first kappa shape index (κ1) is 17.6. The SMILES string of the molecule is O=C(CN1C(=O)S/C(=C\c2cc3c(cc2Cl)OCO3)C1=O)c1ccccc1. The number of halogens is 1. The van der Waals surface area contributed by atoms with Gasteiger partial charge in [-0.2, -0.15) is 0 Å². The summed E-state index contributed by atoms with van der Waals surface area (Å²) in [6.45, 7) is -0.200. The Bertz CT molecular complexity index is 989. The Labute approximate surface area is 163 Å². The molecule has 0 bridgehead atoms. The molecule has 2 heterocycles. The molecule has 136 valence electrons. The van der Waals surface area contributed by atoms with Gasteiger partial charge < -0.3 is 9.47 Å². The molecule has 6 nitrogen and oxygen atoms in total. The second-order valence-corrected chi connectivity index (χ2v) is 7.18. The molecule has 8 heteroatoms. The van der Waals surface area contributed by atoms with Crippen molar-refractivity contribution in [3.63, 3.8) is 0 Å². The third kappa shape index (κ3) is 3.43. The van der Waals surface area contributed by atoms with Crippen LogP contribution >= 0.6 is 23.4 Å². The van der Waals surface area contributed by atoms with E-state index in [0.717, 1.165) is 16.7 Å². The van der Waals surface area contributed by atoms with E-state index >= 15 is 0 Å². The van der Waals surface area contributed by atoms with E-state index < -0.39 is 11.1 Å². The molecule has 0 aromatic heterocycles. The molecule has 2 aromatic carbocycles. The van der Waals surface area contributed by atoms with Crippen LogP contribution in [0.25, 0.3) is 6.08 Å². The van der Waals surface area contributed by atoms with Crippen LogP contribution in [-0.2, 0) is 4.79 Å². The topological polar surface area (TPSA) is 72.9 Å². The van der Waals surface area contributed by atoms with Crippen molar-refractivity contribution >= 4 is 46.4 Å². The summed E-state index contributed by atoms with van der Waals surface area (Å²) in [6, 6.07) is 11.8. The third-order valence-corrected chi connectivity index (χ3v) is 5.28. The summed E-state index contributed by atoms with van der Waals surface area (Å²) in [5, 5.41) is -0.126. The normalized spacial score (nSPS) is 17.1. The fourth-order valence-corrected chi connectivity index (χ4v) is 3.72. The zero-order valence-corrected chi connectivity index (χ0v) is 15.4. The van der Waals surface area contributed by atoms with E-state index in [9.17, 15) is 14.4 Å². The number of nitrogens with zero attached hydrogens (tertiary/aromatic N) is 1. The van der Waals surface area contributed by atoms with Gasteiger partial charge in [-0.1, -0.05) is 41.9 Å². The number of thioether (sulfide) groups is 1. The molecule has 0 N–H and O–H groups in total. The van der Waals surface area contributed by atoms with Crippen LogP contribution in [0.5, 0.6) is 11.5 Å². The van der Waals surface area contributed by atoms with Crippen LogP contribution in [0.2, 0.25) is 5.02 Å². The lowest BCUT2D eigenvalue weighted by Crippen LogP contribution is -2.33. The lowest BCUT2D eigenvalue weighted by atomic mass is 10.1. The molecule has 0 radical (unpaired) electrons. The molecule has 27 heavy (non-hydrogen) atoms. The van der Waals surface area contributed by atoms with Crippen LogP contribution in [-0.4, -0.2) is 35.2 Å². The van der Waals surface area contributed by atoms with Gasteiger partial charge in [0.05, 0.1) is 16.5 Å². The number of carbonyl (C=O) groups is 3. The average molecular weight is 402 g/mol. The number of ether oxygens (including phenoxy) is 2. The third-order valence-electron chi connectivity index (χ3n) is 4.05. The van der Waals surface area contributed by atoms with Crippen molar-refractivity contribution in [2.24, 2.45) is 0 Å². The largest absolute Gasteiger partial charge is 0.454 e. The van der Waals surface area contributed by atoms with Crippen LogP contribution in [0.15, 0.2) is 47.4 Å². The molecule has 0 spiro atoms. The molecule has 1 saturated heterocycles. The minimum Gasteiger partial charge on any atom is -0.454 e. The summed E-state index contributed by atoms with van der Waals surface area (Å²) in [5.41, 5.74) is 0.972. The number of rotatable bonds is 4. The number of hydrogen-bond donors (Lipinski definition) is 0. The van der Waals surface area contributed by atoms with Gasteiger partial charge >= 0.3 is 0 Å². The minimum atomic E-state index is -0.525. The van der Waals surface area contributed by atoms with E-state index in [1.54, 1.807) is 42.5 Å². The van der Waals surface area contributed by atoms with E-state index in [1.807, 2.05) is 0 Å². The molecule has 1 fully saturated rings. The number of hydrogen-bond acceptors (Lipinski definition) is 6. The summed E-state index contributed by atoms with van der Waals surface area (Å²) < 4.78 is 10.6. The van der Waals surface area contributed by atoms with Gasteiger partial charge in [0.1, 0.15) is 0 Å². The zero-order valence-electron chi connectivity index (χ0n) is 13.8. The fourth-order valence-electron chi connectivity index (χ4n) is 2.68. The first-order chi connectivity index (χ1) is 13.0. The highest BCUT2D eigenvalue weighted by Crippen LogP contribution is 2.39. The summed E-state index contributed by atoms with van der Waals surface area (Å²) in [5.74, 6) is 0.214. The maximum absolute atomic E-state index is 12.6. The molecule has 4 rings (SSSR count). The maximum Gasteiger partial charge on any atom is 0.293 e. The summed E-state index contributed by atoms with van der Waals surface area (Å²) in [4.78, 5) is 38.3. The number of amides is 2.